The van der Waals surface area contributed by atoms with E-state index < -0.39 is 0 Å². The SMILES string of the molecule is Cc1nc(NC(=O)CN2CCCCCCC2)sc1C. The summed E-state index contributed by atoms with van der Waals surface area (Å²) >= 11 is 1.55. The third-order valence-electron chi connectivity index (χ3n) is 3.59. The Kier molecular flexibility index (Phi) is 5.34. The fraction of sp³-hybridized carbons (Fsp3) is 0.714. The molecule has 19 heavy (non-hydrogen) atoms. The molecular formula is C14H23N3OS. The molecule has 0 unspecified atom stereocenters. The first-order valence-corrected chi connectivity index (χ1v) is 7.93. The van der Waals surface area contributed by atoms with Gasteiger partial charge in [0.2, 0.25) is 5.91 Å². The number of aryl methyl sites for hydroxylation is 2. The van der Waals surface area contributed by atoms with E-state index in [0.29, 0.717) is 6.54 Å². The van der Waals surface area contributed by atoms with Gasteiger partial charge in [-0.15, -0.1) is 11.3 Å². The Labute approximate surface area is 119 Å². The van der Waals surface area contributed by atoms with Gasteiger partial charge < -0.3 is 5.32 Å². The lowest BCUT2D eigenvalue weighted by atomic mass is 10.1. The maximum Gasteiger partial charge on any atom is 0.240 e. The van der Waals surface area contributed by atoms with Crippen LogP contribution in [0.25, 0.3) is 0 Å². The third-order valence-corrected chi connectivity index (χ3v) is 4.58. The molecule has 0 spiro atoms. The van der Waals surface area contributed by atoms with E-state index >= 15 is 0 Å². The van der Waals surface area contributed by atoms with E-state index in [0.717, 1.165) is 23.9 Å². The van der Waals surface area contributed by atoms with Crippen LogP contribution < -0.4 is 5.32 Å². The van der Waals surface area contributed by atoms with Crippen molar-refractivity contribution in [1.82, 2.24) is 9.88 Å². The zero-order valence-corrected chi connectivity index (χ0v) is 12.7. The highest BCUT2D eigenvalue weighted by molar-refractivity contribution is 7.15. The molecule has 0 aromatic carbocycles. The van der Waals surface area contributed by atoms with Gasteiger partial charge in [0.05, 0.1) is 12.2 Å². The molecule has 1 aromatic rings. The van der Waals surface area contributed by atoms with Gasteiger partial charge in [-0.05, 0) is 39.8 Å². The van der Waals surface area contributed by atoms with Gasteiger partial charge in [-0.3, -0.25) is 9.69 Å². The smallest absolute Gasteiger partial charge is 0.240 e. The molecule has 1 saturated heterocycles. The van der Waals surface area contributed by atoms with Crippen molar-refractivity contribution >= 4 is 22.4 Å². The summed E-state index contributed by atoms with van der Waals surface area (Å²) in [7, 11) is 0. The normalized spacial score (nSPS) is 17.8. The van der Waals surface area contributed by atoms with Crippen LogP contribution in [0.5, 0.6) is 0 Å². The fourth-order valence-electron chi connectivity index (χ4n) is 2.36. The summed E-state index contributed by atoms with van der Waals surface area (Å²) in [5.41, 5.74) is 1.01. The number of carbonyl (C=O) groups excluding carboxylic acids is 1. The zero-order chi connectivity index (χ0) is 13.7. The number of likely N-dealkylation sites (tertiary alicyclic amines) is 1. The van der Waals surface area contributed by atoms with Gasteiger partial charge in [0.15, 0.2) is 5.13 Å². The first-order valence-electron chi connectivity index (χ1n) is 7.11. The Morgan fingerprint density at radius 3 is 2.42 bits per heavy atom. The lowest BCUT2D eigenvalue weighted by Crippen LogP contribution is -2.35. The largest absolute Gasteiger partial charge is 0.301 e. The van der Waals surface area contributed by atoms with Crippen LogP contribution in [0.2, 0.25) is 0 Å². The van der Waals surface area contributed by atoms with E-state index in [1.165, 1.54) is 37.0 Å². The Balaban J connectivity index is 1.82. The zero-order valence-electron chi connectivity index (χ0n) is 11.9. The molecule has 1 amide bonds. The van der Waals surface area contributed by atoms with Crippen LogP contribution >= 0.6 is 11.3 Å². The number of thiazole rings is 1. The van der Waals surface area contributed by atoms with Gasteiger partial charge in [-0.25, -0.2) is 4.98 Å². The van der Waals surface area contributed by atoms with E-state index in [-0.39, 0.29) is 5.91 Å². The minimum Gasteiger partial charge on any atom is -0.301 e. The van der Waals surface area contributed by atoms with Crippen molar-refractivity contribution in [3.8, 4) is 0 Å². The highest BCUT2D eigenvalue weighted by Crippen LogP contribution is 2.21. The number of aromatic nitrogens is 1. The average molecular weight is 281 g/mol. The van der Waals surface area contributed by atoms with Gasteiger partial charge in [0.1, 0.15) is 0 Å². The molecule has 1 fully saturated rings. The van der Waals surface area contributed by atoms with Crippen LogP contribution in [0.4, 0.5) is 5.13 Å². The molecule has 0 bridgehead atoms. The van der Waals surface area contributed by atoms with Crippen molar-refractivity contribution in [2.24, 2.45) is 0 Å². The molecule has 1 aliphatic heterocycles. The quantitative estimate of drug-likeness (QED) is 0.926. The highest BCUT2D eigenvalue weighted by atomic mass is 32.1. The maximum absolute atomic E-state index is 12.0. The minimum atomic E-state index is 0.0642. The number of hydrogen-bond acceptors (Lipinski definition) is 4. The van der Waals surface area contributed by atoms with E-state index in [2.05, 4.69) is 15.2 Å². The van der Waals surface area contributed by atoms with Crippen LogP contribution in [-0.4, -0.2) is 35.4 Å². The molecule has 4 nitrogen and oxygen atoms in total. The predicted octanol–water partition coefficient (Wildman–Crippen LogP) is 2.96. The van der Waals surface area contributed by atoms with Crippen molar-refractivity contribution < 1.29 is 4.79 Å². The molecule has 106 valence electrons. The molecule has 0 radical (unpaired) electrons. The summed E-state index contributed by atoms with van der Waals surface area (Å²) in [4.78, 5) is 19.8. The lowest BCUT2D eigenvalue weighted by molar-refractivity contribution is -0.117. The van der Waals surface area contributed by atoms with Crippen molar-refractivity contribution in [2.45, 2.75) is 46.0 Å². The lowest BCUT2D eigenvalue weighted by Gasteiger charge is -2.23. The monoisotopic (exact) mass is 281 g/mol. The topological polar surface area (TPSA) is 45.2 Å². The Morgan fingerprint density at radius 2 is 1.84 bits per heavy atom. The second kappa shape index (κ2) is 7.01. The summed E-state index contributed by atoms with van der Waals surface area (Å²) in [6.07, 6.45) is 6.36. The fourth-order valence-corrected chi connectivity index (χ4v) is 3.19. The number of hydrogen-bond donors (Lipinski definition) is 1. The minimum absolute atomic E-state index is 0.0642. The van der Waals surface area contributed by atoms with Crippen LogP contribution in [0.3, 0.4) is 0 Å². The Hall–Kier alpha value is -0.940. The second-order valence-electron chi connectivity index (χ2n) is 5.25. The van der Waals surface area contributed by atoms with Crippen molar-refractivity contribution in [2.75, 3.05) is 25.0 Å². The molecule has 2 rings (SSSR count). The molecule has 1 N–H and O–H groups in total. The van der Waals surface area contributed by atoms with Crippen molar-refractivity contribution in [1.29, 1.82) is 0 Å². The van der Waals surface area contributed by atoms with E-state index in [4.69, 9.17) is 0 Å². The number of anilines is 1. The molecule has 0 aliphatic carbocycles. The van der Waals surface area contributed by atoms with Gasteiger partial charge >= 0.3 is 0 Å². The third kappa shape index (κ3) is 4.58. The number of nitrogens with zero attached hydrogens (tertiary/aromatic N) is 2. The summed E-state index contributed by atoms with van der Waals surface area (Å²) < 4.78 is 0. The van der Waals surface area contributed by atoms with Gasteiger partial charge in [0, 0.05) is 4.88 Å². The summed E-state index contributed by atoms with van der Waals surface area (Å²) in [6, 6.07) is 0. The molecule has 2 heterocycles. The van der Waals surface area contributed by atoms with Crippen molar-refractivity contribution in [3.05, 3.63) is 10.6 Å². The Bertz CT molecular complexity index is 403. The first-order chi connectivity index (χ1) is 9.15. The summed E-state index contributed by atoms with van der Waals surface area (Å²) in [6.45, 7) is 6.59. The van der Waals surface area contributed by atoms with Crippen LogP contribution in [0.1, 0.15) is 42.7 Å². The molecule has 0 atom stereocenters. The maximum atomic E-state index is 12.0. The molecular weight excluding hydrogens is 258 g/mol. The van der Waals surface area contributed by atoms with Crippen molar-refractivity contribution in [3.63, 3.8) is 0 Å². The van der Waals surface area contributed by atoms with Crippen LogP contribution in [0.15, 0.2) is 0 Å². The standard InChI is InChI=1S/C14H23N3OS/c1-11-12(2)19-14(15-11)16-13(18)10-17-8-6-4-3-5-7-9-17/h3-10H2,1-2H3,(H,15,16,18). The first kappa shape index (κ1) is 14.5. The van der Waals surface area contributed by atoms with E-state index in [1.807, 2.05) is 13.8 Å². The molecule has 1 aliphatic rings. The highest BCUT2D eigenvalue weighted by Gasteiger charge is 2.13. The Morgan fingerprint density at radius 1 is 1.21 bits per heavy atom. The van der Waals surface area contributed by atoms with Gasteiger partial charge in [0.25, 0.3) is 0 Å². The average Bonchev–Trinajstić information content (AvgIpc) is 2.61. The number of nitrogens with one attached hydrogen (secondary N) is 1. The van der Waals surface area contributed by atoms with E-state index in [1.54, 1.807) is 11.3 Å². The molecule has 5 heteroatoms. The predicted molar refractivity (Wildman–Crippen MR) is 79.7 cm³/mol. The van der Waals surface area contributed by atoms with E-state index in [9.17, 15) is 4.79 Å². The number of amides is 1. The van der Waals surface area contributed by atoms with Crippen LogP contribution in [-0.2, 0) is 4.79 Å². The molecule has 1 aromatic heterocycles. The summed E-state index contributed by atoms with van der Waals surface area (Å²) in [5, 5.41) is 3.64. The van der Waals surface area contributed by atoms with Gasteiger partial charge in [-0.1, -0.05) is 19.3 Å². The van der Waals surface area contributed by atoms with Gasteiger partial charge in [-0.2, -0.15) is 0 Å². The number of carbonyl (C=O) groups is 1. The van der Waals surface area contributed by atoms with Crippen LogP contribution in [0, 0.1) is 13.8 Å². The second-order valence-corrected chi connectivity index (χ2v) is 6.46. The summed E-state index contributed by atoms with van der Waals surface area (Å²) in [5.74, 6) is 0.0642. The molecule has 0 saturated carbocycles. The number of rotatable bonds is 3.